The van der Waals surface area contributed by atoms with E-state index in [1.165, 1.54) is 0 Å². The third-order valence-electron chi connectivity index (χ3n) is 0.200. The second kappa shape index (κ2) is 31.4. The molecular formula is H16Fe2O15P2. The molecule has 0 aromatic heterocycles. The molecule has 0 heterocycles. The molecule has 0 amide bonds. The molecule has 0 aliphatic heterocycles. The van der Waals surface area contributed by atoms with Gasteiger partial charge in [-0.3, -0.25) is 0 Å². The first kappa shape index (κ1) is 89.3. The van der Waals surface area contributed by atoms with Gasteiger partial charge >= 0.3 is 34.1 Å². The summed E-state index contributed by atoms with van der Waals surface area (Å²) >= 11 is 0. The molecule has 0 aliphatic carbocycles. The number of hydrogen-bond donors (Lipinski definition) is 0. The van der Waals surface area contributed by atoms with E-state index in [4.69, 9.17) is 0 Å². The molecule has 0 fully saturated rings. The maximum Gasteiger partial charge on any atom is 2.00 e. The molecule has 0 spiro atoms. The SMILES string of the molecule is O.O.O.O.O.O.O.O.O=P([O-])([O-])OP(=O)([O-])[O-].[Fe+2].[Fe+2]. The van der Waals surface area contributed by atoms with Gasteiger partial charge in [0.2, 0.25) is 0 Å². The van der Waals surface area contributed by atoms with Crippen LogP contribution in [0.1, 0.15) is 0 Å². The van der Waals surface area contributed by atoms with Crippen molar-refractivity contribution in [3.05, 3.63) is 0 Å². The first-order chi connectivity index (χ1) is 3.71. The normalized spacial score (nSPS) is 6.53. The van der Waals surface area contributed by atoms with Crippen LogP contribution in [0.4, 0.5) is 0 Å². The van der Waals surface area contributed by atoms with Gasteiger partial charge < -0.3 is 76.8 Å². The van der Waals surface area contributed by atoms with Crippen molar-refractivity contribution in [1.82, 2.24) is 0 Å². The fraction of sp³-hybridized carbons (Fsp3) is 0. The third kappa shape index (κ3) is 112. The van der Waals surface area contributed by atoms with Crippen molar-refractivity contribution in [3.63, 3.8) is 0 Å². The van der Waals surface area contributed by atoms with Crippen LogP contribution in [0.15, 0.2) is 0 Å². The van der Waals surface area contributed by atoms with Gasteiger partial charge in [0.1, 0.15) is 0 Å². The second-order valence-corrected chi connectivity index (χ2v) is 3.42. The van der Waals surface area contributed by atoms with Crippen molar-refractivity contribution in [3.8, 4) is 0 Å². The van der Waals surface area contributed by atoms with Crippen molar-refractivity contribution in [2.45, 2.75) is 0 Å². The van der Waals surface area contributed by atoms with Crippen molar-refractivity contribution in [2.24, 2.45) is 0 Å². The smallest absolute Gasteiger partial charge is 0.790 e. The number of rotatable bonds is 2. The van der Waals surface area contributed by atoms with E-state index in [2.05, 4.69) is 4.31 Å². The Hall–Kier alpha value is 0.979. The van der Waals surface area contributed by atoms with Crippen molar-refractivity contribution in [2.75, 3.05) is 0 Å². The summed E-state index contributed by atoms with van der Waals surface area (Å²) < 4.78 is 21.2. The second-order valence-electron chi connectivity index (χ2n) is 0.976. The molecule has 0 rings (SSSR count). The molecule has 0 saturated carbocycles. The van der Waals surface area contributed by atoms with Crippen LogP contribution in [-0.4, -0.2) is 43.8 Å². The summed E-state index contributed by atoms with van der Waals surface area (Å²) in [6, 6.07) is 0. The van der Waals surface area contributed by atoms with E-state index >= 15 is 0 Å². The Kier molecular flexibility index (Phi) is 147. The molecular weight excluding hydrogens is 414 g/mol. The number of hydrogen-bond acceptors (Lipinski definition) is 7. The fourth-order valence-electron chi connectivity index (χ4n) is 0.122. The zero-order valence-electron chi connectivity index (χ0n) is 8.46. The maximum absolute atomic E-state index is 9.32. The molecule has 132 valence electrons. The van der Waals surface area contributed by atoms with Gasteiger partial charge in [0, 0.05) is 0 Å². The van der Waals surface area contributed by atoms with Crippen LogP contribution in [0, 0.1) is 0 Å². The van der Waals surface area contributed by atoms with Gasteiger partial charge in [0.05, 0.1) is 15.6 Å². The Labute approximate surface area is 127 Å². The average molecular weight is 430 g/mol. The van der Waals surface area contributed by atoms with Crippen molar-refractivity contribution < 1.29 is 111 Å². The van der Waals surface area contributed by atoms with E-state index in [-0.39, 0.29) is 77.9 Å². The van der Waals surface area contributed by atoms with Crippen LogP contribution in [0.25, 0.3) is 0 Å². The predicted octanol–water partition coefficient (Wildman–Crippen LogP) is -9.94. The van der Waals surface area contributed by atoms with Gasteiger partial charge in [-0.15, -0.1) is 0 Å². The summed E-state index contributed by atoms with van der Waals surface area (Å²) in [6.07, 6.45) is 0. The van der Waals surface area contributed by atoms with Crippen LogP contribution in [0.5, 0.6) is 0 Å². The zero-order chi connectivity index (χ0) is 7.71. The Bertz CT molecular complexity index is 159. The van der Waals surface area contributed by atoms with E-state index in [0.717, 1.165) is 0 Å². The van der Waals surface area contributed by atoms with Crippen molar-refractivity contribution >= 4 is 15.6 Å². The van der Waals surface area contributed by atoms with Crippen LogP contribution in [0.3, 0.4) is 0 Å². The first-order valence-electron chi connectivity index (χ1n) is 1.46. The minimum Gasteiger partial charge on any atom is -0.790 e. The molecule has 0 saturated heterocycles. The Balaban J connectivity index is -0.00000000711. The van der Waals surface area contributed by atoms with E-state index < -0.39 is 15.6 Å². The third-order valence-corrected chi connectivity index (χ3v) is 1.80. The molecule has 15 nitrogen and oxygen atoms in total. The van der Waals surface area contributed by atoms with E-state index in [9.17, 15) is 28.7 Å². The molecule has 0 atom stereocenters. The van der Waals surface area contributed by atoms with Crippen LogP contribution >= 0.6 is 15.6 Å². The van der Waals surface area contributed by atoms with Crippen molar-refractivity contribution in [1.29, 1.82) is 0 Å². The zero-order valence-corrected chi connectivity index (χ0v) is 12.5. The summed E-state index contributed by atoms with van der Waals surface area (Å²) in [5.41, 5.74) is 0. The molecule has 19 heavy (non-hydrogen) atoms. The Morgan fingerprint density at radius 2 is 0.632 bits per heavy atom. The first-order valence-corrected chi connectivity index (χ1v) is 4.38. The monoisotopic (exact) mass is 430 g/mol. The molecule has 19 heteroatoms. The molecule has 16 N–H and O–H groups in total. The maximum atomic E-state index is 9.32. The standard InChI is InChI=1S/2Fe.H4O7P2.8H2O/c;;1-8(2,3)7-9(4,5)6;;;;;;;;/h;;(H2,1,2,3)(H2,4,5,6);8*1H2/q2*+2;;;;;;;;;/p-4. The summed E-state index contributed by atoms with van der Waals surface area (Å²) in [7, 11) is -11.4. The molecule has 0 aromatic rings. The van der Waals surface area contributed by atoms with Gasteiger partial charge in [0.15, 0.2) is 0 Å². The minimum absolute atomic E-state index is 0. The summed E-state index contributed by atoms with van der Waals surface area (Å²) in [4.78, 5) is 37.3. The van der Waals surface area contributed by atoms with E-state index in [0.29, 0.717) is 0 Å². The summed E-state index contributed by atoms with van der Waals surface area (Å²) in [5.74, 6) is 0. The predicted molar refractivity (Wildman–Crippen MR) is 45.2 cm³/mol. The van der Waals surface area contributed by atoms with Crippen LogP contribution < -0.4 is 19.6 Å². The van der Waals surface area contributed by atoms with Gasteiger partial charge in [-0.05, 0) is 0 Å². The van der Waals surface area contributed by atoms with Crippen LogP contribution in [-0.2, 0) is 47.6 Å². The molecule has 0 bridgehead atoms. The van der Waals surface area contributed by atoms with E-state index in [1.54, 1.807) is 0 Å². The number of phosphoric acid groups is 2. The minimum atomic E-state index is -5.68. The van der Waals surface area contributed by atoms with Crippen LogP contribution in [0.2, 0.25) is 0 Å². The average Bonchev–Trinajstić information content (AvgIpc) is 1.14. The largest absolute Gasteiger partial charge is 2.00 e. The quantitative estimate of drug-likeness (QED) is 0.300. The van der Waals surface area contributed by atoms with Gasteiger partial charge in [-0.2, -0.15) is 0 Å². The summed E-state index contributed by atoms with van der Waals surface area (Å²) in [5, 5.41) is 0. The Morgan fingerprint density at radius 3 is 0.632 bits per heavy atom. The van der Waals surface area contributed by atoms with Gasteiger partial charge in [-0.25, -0.2) is 0 Å². The topological polar surface area (TPSA) is 388 Å². The summed E-state index contributed by atoms with van der Waals surface area (Å²) in [6.45, 7) is 0. The molecule has 0 aromatic carbocycles. The fourth-order valence-corrected chi connectivity index (χ4v) is 1.10. The van der Waals surface area contributed by atoms with Gasteiger partial charge in [0.25, 0.3) is 0 Å². The van der Waals surface area contributed by atoms with E-state index in [1.807, 2.05) is 0 Å². The van der Waals surface area contributed by atoms with Gasteiger partial charge in [-0.1, -0.05) is 0 Å². The molecule has 0 unspecified atom stereocenters. The molecule has 0 aliphatic rings. The Morgan fingerprint density at radius 1 is 0.526 bits per heavy atom. The molecule has 0 radical (unpaired) electrons.